The minimum Gasteiger partial charge on any atom is -0.310 e. The molecular weight excluding hydrogens is 567 g/mol. The summed E-state index contributed by atoms with van der Waals surface area (Å²) in [5.41, 5.74) is 14.6. The van der Waals surface area contributed by atoms with Crippen molar-refractivity contribution >= 4 is 50.8 Å². The number of hydrogen-bond donors (Lipinski definition) is 0. The molecule has 0 aliphatic heterocycles. The number of nitrogens with zero attached hydrogens (tertiary/aromatic N) is 1. The molecule has 7 aromatic carbocycles. The van der Waals surface area contributed by atoms with E-state index in [0.717, 1.165) is 37.1 Å². The second-order valence-electron chi connectivity index (χ2n) is 12.7. The van der Waals surface area contributed by atoms with Gasteiger partial charge in [-0.1, -0.05) is 133 Å². The van der Waals surface area contributed by atoms with E-state index in [1.807, 2.05) is 0 Å². The van der Waals surface area contributed by atoms with Gasteiger partial charge in [0.15, 0.2) is 0 Å². The molecule has 0 N–H and O–H groups in total. The lowest BCUT2D eigenvalue weighted by atomic mass is 9.76. The van der Waals surface area contributed by atoms with Crippen LogP contribution in [0.25, 0.3) is 56.0 Å². The lowest BCUT2D eigenvalue weighted by Crippen LogP contribution is -2.11. The Balaban J connectivity index is 1.27. The first-order valence-electron chi connectivity index (χ1n) is 16.8. The number of allylic oxidation sites excluding steroid dienone is 2. The van der Waals surface area contributed by atoms with Crippen molar-refractivity contribution in [2.45, 2.75) is 25.7 Å². The average molecular weight is 602 g/mol. The van der Waals surface area contributed by atoms with E-state index in [0.29, 0.717) is 0 Å². The van der Waals surface area contributed by atoms with Gasteiger partial charge >= 0.3 is 0 Å². The minimum absolute atomic E-state index is 1.11. The fourth-order valence-corrected chi connectivity index (χ4v) is 7.90. The van der Waals surface area contributed by atoms with Gasteiger partial charge in [-0.3, -0.25) is 0 Å². The number of fused-ring (bicyclic) bond motifs is 6. The quantitative estimate of drug-likeness (QED) is 0.177. The largest absolute Gasteiger partial charge is 0.310 e. The third-order valence-corrected chi connectivity index (χ3v) is 9.97. The van der Waals surface area contributed by atoms with Gasteiger partial charge < -0.3 is 4.90 Å². The topological polar surface area (TPSA) is 3.24 Å². The SMILES string of the molecule is C1=Cc2c(c3c(c(-c4ccc(N(c5ccccc5)c5cc6ccccc6c6ccccc56)cc4)c2-c2ccccc2)C=CCC3)CC1. The lowest BCUT2D eigenvalue weighted by molar-refractivity contribution is 0.907. The Hall–Kier alpha value is -5.66. The third kappa shape index (κ3) is 4.70. The molecular formula is C46H35N. The Morgan fingerprint density at radius 1 is 0.426 bits per heavy atom. The summed E-state index contributed by atoms with van der Waals surface area (Å²) in [6.07, 6.45) is 14.0. The molecule has 0 radical (unpaired) electrons. The Labute approximate surface area is 276 Å². The van der Waals surface area contributed by atoms with E-state index in [-0.39, 0.29) is 0 Å². The van der Waals surface area contributed by atoms with Crippen LogP contribution >= 0.6 is 0 Å². The van der Waals surface area contributed by atoms with Gasteiger partial charge in [0, 0.05) is 16.8 Å². The van der Waals surface area contributed by atoms with Crippen LogP contribution in [-0.4, -0.2) is 0 Å². The first kappa shape index (κ1) is 27.6. The predicted molar refractivity (Wildman–Crippen MR) is 202 cm³/mol. The molecule has 0 saturated carbocycles. The van der Waals surface area contributed by atoms with Crippen molar-refractivity contribution in [3.8, 4) is 22.3 Å². The summed E-state index contributed by atoms with van der Waals surface area (Å²) in [6.45, 7) is 0. The van der Waals surface area contributed by atoms with Gasteiger partial charge in [0.25, 0.3) is 0 Å². The molecule has 7 aromatic rings. The van der Waals surface area contributed by atoms with Crippen LogP contribution in [0.2, 0.25) is 0 Å². The number of hydrogen-bond acceptors (Lipinski definition) is 1. The van der Waals surface area contributed by atoms with Crippen molar-refractivity contribution in [2.24, 2.45) is 0 Å². The molecule has 0 fully saturated rings. The Morgan fingerprint density at radius 3 is 1.60 bits per heavy atom. The zero-order valence-electron chi connectivity index (χ0n) is 26.4. The molecule has 9 rings (SSSR count). The molecule has 0 amide bonds. The van der Waals surface area contributed by atoms with Crippen molar-refractivity contribution < 1.29 is 0 Å². The maximum Gasteiger partial charge on any atom is 0.0546 e. The van der Waals surface area contributed by atoms with Crippen LogP contribution in [0.15, 0.2) is 152 Å². The van der Waals surface area contributed by atoms with Crippen molar-refractivity contribution in [3.63, 3.8) is 0 Å². The summed E-state index contributed by atoms with van der Waals surface area (Å²) >= 11 is 0. The summed E-state index contributed by atoms with van der Waals surface area (Å²) in [4.78, 5) is 2.42. The molecule has 1 nitrogen and oxygen atoms in total. The van der Waals surface area contributed by atoms with Gasteiger partial charge in [-0.2, -0.15) is 0 Å². The van der Waals surface area contributed by atoms with Crippen LogP contribution in [0, 0.1) is 0 Å². The van der Waals surface area contributed by atoms with Crippen molar-refractivity contribution in [1.82, 2.24) is 0 Å². The highest BCUT2D eigenvalue weighted by atomic mass is 15.1. The fourth-order valence-electron chi connectivity index (χ4n) is 7.90. The first-order chi connectivity index (χ1) is 23.3. The zero-order valence-corrected chi connectivity index (χ0v) is 26.4. The lowest BCUT2D eigenvalue weighted by Gasteiger charge is -2.29. The van der Waals surface area contributed by atoms with Gasteiger partial charge in [-0.15, -0.1) is 0 Å². The molecule has 1 heteroatoms. The molecule has 0 bridgehead atoms. The Bertz CT molecular complexity index is 2330. The summed E-state index contributed by atoms with van der Waals surface area (Å²) in [6, 6.07) is 51.0. The van der Waals surface area contributed by atoms with Crippen molar-refractivity contribution in [1.29, 1.82) is 0 Å². The highest BCUT2D eigenvalue weighted by Crippen LogP contribution is 2.47. The van der Waals surface area contributed by atoms with Crippen LogP contribution in [-0.2, 0) is 12.8 Å². The molecule has 2 aliphatic rings. The summed E-state index contributed by atoms with van der Waals surface area (Å²) in [7, 11) is 0. The van der Waals surface area contributed by atoms with Crippen LogP contribution in [0.4, 0.5) is 17.1 Å². The van der Waals surface area contributed by atoms with E-state index in [9.17, 15) is 0 Å². The van der Waals surface area contributed by atoms with Gasteiger partial charge in [0.05, 0.1) is 5.69 Å². The van der Waals surface area contributed by atoms with E-state index >= 15 is 0 Å². The summed E-state index contributed by atoms with van der Waals surface area (Å²) in [5, 5.41) is 5.03. The van der Waals surface area contributed by atoms with Gasteiger partial charge in [-0.25, -0.2) is 0 Å². The van der Waals surface area contributed by atoms with Gasteiger partial charge in [-0.05, 0) is 117 Å². The van der Waals surface area contributed by atoms with Gasteiger partial charge in [0.1, 0.15) is 0 Å². The molecule has 47 heavy (non-hydrogen) atoms. The first-order valence-corrected chi connectivity index (χ1v) is 16.8. The molecule has 0 heterocycles. The number of anilines is 3. The van der Waals surface area contributed by atoms with E-state index in [2.05, 4.69) is 169 Å². The molecule has 0 saturated heterocycles. The van der Waals surface area contributed by atoms with Crippen LogP contribution in [0.5, 0.6) is 0 Å². The van der Waals surface area contributed by atoms with Gasteiger partial charge in [0.2, 0.25) is 0 Å². The van der Waals surface area contributed by atoms with E-state index in [1.165, 1.54) is 60.6 Å². The van der Waals surface area contributed by atoms with E-state index in [1.54, 1.807) is 11.1 Å². The second-order valence-corrected chi connectivity index (χ2v) is 12.7. The maximum absolute atomic E-state index is 2.42. The molecule has 0 unspecified atom stereocenters. The summed E-state index contributed by atoms with van der Waals surface area (Å²) in [5.74, 6) is 0. The highest BCUT2D eigenvalue weighted by Gasteiger charge is 2.26. The van der Waals surface area contributed by atoms with Crippen LogP contribution in [0.1, 0.15) is 35.1 Å². The molecule has 2 aliphatic carbocycles. The standard InChI is InChI=1S/C46H35N/c1-3-15-32(16-4-1)45-42-25-13-10-22-39(42)40-23-11-14-26-43(40)46(45)33-27-29-36(30-28-33)47(35-18-5-2-6-19-35)44-31-34-17-7-8-20-37(34)38-21-9-12-24-41(38)44/h1-9,12-21,24-31H,10-11,22-23H2. The number of benzene rings is 7. The maximum atomic E-state index is 2.42. The molecule has 0 atom stereocenters. The predicted octanol–water partition coefficient (Wildman–Crippen LogP) is 12.7. The van der Waals surface area contributed by atoms with Crippen LogP contribution < -0.4 is 4.90 Å². The molecule has 0 spiro atoms. The number of para-hydroxylation sites is 1. The smallest absolute Gasteiger partial charge is 0.0546 e. The van der Waals surface area contributed by atoms with E-state index in [4.69, 9.17) is 0 Å². The van der Waals surface area contributed by atoms with Crippen molar-refractivity contribution in [2.75, 3.05) is 4.90 Å². The summed E-state index contributed by atoms with van der Waals surface area (Å²) < 4.78 is 0. The average Bonchev–Trinajstić information content (AvgIpc) is 3.15. The highest BCUT2D eigenvalue weighted by molar-refractivity contribution is 6.14. The Morgan fingerprint density at radius 2 is 0.936 bits per heavy atom. The fraction of sp³-hybridized carbons (Fsp3) is 0.0870. The normalized spacial score (nSPS) is 13.4. The number of rotatable bonds is 5. The third-order valence-electron chi connectivity index (χ3n) is 9.97. The Kier molecular flexibility index (Phi) is 6.82. The molecule has 224 valence electrons. The van der Waals surface area contributed by atoms with Crippen LogP contribution in [0.3, 0.4) is 0 Å². The zero-order chi connectivity index (χ0) is 31.2. The second kappa shape index (κ2) is 11.6. The molecule has 0 aromatic heterocycles. The minimum atomic E-state index is 1.11. The van der Waals surface area contributed by atoms with Crippen molar-refractivity contribution in [3.05, 3.63) is 174 Å². The monoisotopic (exact) mass is 601 g/mol. The van der Waals surface area contributed by atoms with E-state index < -0.39 is 0 Å².